The Balaban J connectivity index is 2.23. The molecule has 76 valence electrons. The second-order valence-corrected chi connectivity index (χ2v) is 4.51. The predicted molar refractivity (Wildman–Crippen MR) is 53.5 cm³/mol. The molecule has 1 fully saturated rings. The van der Waals surface area contributed by atoms with Crippen molar-refractivity contribution in [1.29, 1.82) is 0 Å². The Morgan fingerprint density at radius 3 is 2.38 bits per heavy atom. The number of nitrogens with zero attached hydrogens (tertiary/aromatic N) is 2. The minimum absolute atomic E-state index is 0.313. The summed E-state index contributed by atoms with van der Waals surface area (Å²) in [5.41, 5.74) is 0. The van der Waals surface area contributed by atoms with Crippen molar-refractivity contribution in [2.45, 2.75) is 26.3 Å². The van der Waals surface area contributed by atoms with Crippen LogP contribution < -0.4 is 0 Å². The lowest BCUT2D eigenvalue weighted by Crippen LogP contribution is -2.59. The first-order valence-corrected chi connectivity index (χ1v) is 4.95. The van der Waals surface area contributed by atoms with Crippen LogP contribution in [0.2, 0.25) is 0 Å². The molecule has 3 nitrogen and oxygen atoms in total. The van der Waals surface area contributed by atoms with Crippen molar-refractivity contribution in [3.8, 4) is 0 Å². The maximum absolute atomic E-state index is 11.5. The molecular weight excluding hydrogens is 164 g/mol. The van der Waals surface area contributed by atoms with Crippen molar-refractivity contribution in [3.05, 3.63) is 0 Å². The van der Waals surface area contributed by atoms with E-state index in [-0.39, 0.29) is 0 Å². The first-order valence-electron chi connectivity index (χ1n) is 4.95. The van der Waals surface area contributed by atoms with Gasteiger partial charge in [0.2, 0.25) is 5.91 Å². The van der Waals surface area contributed by atoms with E-state index in [2.05, 4.69) is 32.8 Å². The number of hydrogen-bond donors (Lipinski definition) is 0. The Bertz CT molecular complexity index is 183. The molecule has 0 aromatic heterocycles. The summed E-state index contributed by atoms with van der Waals surface area (Å²) in [6.07, 6.45) is 0.695. The first kappa shape index (κ1) is 10.5. The highest BCUT2D eigenvalue weighted by Crippen LogP contribution is 2.15. The van der Waals surface area contributed by atoms with Gasteiger partial charge in [-0.05, 0) is 20.0 Å². The molecule has 0 spiro atoms. The molecule has 1 heterocycles. The van der Waals surface area contributed by atoms with Crippen LogP contribution in [-0.4, -0.2) is 48.9 Å². The SMILES string of the molecule is CC(C)CC(=O)N1CC(N(C)C)C1. The summed E-state index contributed by atoms with van der Waals surface area (Å²) in [6, 6.07) is 0.580. The third-order valence-corrected chi connectivity index (χ3v) is 2.53. The number of likely N-dealkylation sites (tertiary alicyclic amines) is 1. The summed E-state index contributed by atoms with van der Waals surface area (Å²) in [5, 5.41) is 0. The van der Waals surface area contributed by atoms with Gasteiger partial charge < -0.3 is 9.80 Å². The number of amides is 1. The Kier molecular flexibility index (Phi) is 3.31. The summed E-state index contributed by atoms with van der Waals surface area (Å²) >= 11 is 0. The zero-order chi connectivity index (χ0) is 10.0. The second kappa shape index (κ2) is 4.09. The van der Waals surface area contributed by atoms with Gasteiger partial charge in [-0.3, -0.25) is 4.79 Å². The minimum atomic E-state index is 0.313. The van der Waals surface area contributed by atoms with E-state index < -0.39 is 0 Å². The van der Waals surface area contributed by atoms with Gasteiger partial charge in [0.15, 0.2) is 0 Å². The van der Waals surface area contributed by atoms with Gasteiger partial charge >= 0.3 is 0 Å². The van der Waals surface area contributed by atoms with Crippen molar-refractivity contribution in [2.75, 3.05) is 27.2 Å². The van der Waals surface area contributed by atoms with E-state index in [0.29, 0.717) is 24.3 Å². The molecule has 0 aromatic carbocycles. The van der Waals surface area contributed by atoms with Crippen LogP contribution in [0.25, 0.3) is 0 Å². The van der Waals surface area contributed by atoms with Crippen molar-refractivity contribution in [3.63, 3.8) is 0 Å². The van der Waals surface area contributed by atoms with Crippen LogP contribution in [0.15, 0.2) is 0 Å². The van der Waals surface area contributed by atoms with Crippen LogP contribution in [0.5, 0.6) is 0 Å². The smallest absolute Gasteiger partial charge is 0.222 e. The Morgan fingerprint density at radius 1 is 1.46 bits per heavy atom. The summed E-state index contributed by atoms with van der Waals surface area (Å²) in [6.45, 7) is 6.00. The largest absolute Gasteiger partial charge is 0.339 e. The highest BCUT2D eigenvalue weighted by Gasteiger charge is 2.31. The van der Waals surface area contributed by atoms with Gasteiger partial charge in [-0.2, -0.15) is 0 Å². The number of hydrogen-bond acceptors (Lipinski definition) is 2. The number of likely N-dealkylation sites (N-methyl/N-ethyl adjacent to an activating group) is 1. The molecule has 3 heteroatoms. The quantitative estimate of drug-likeness (QED) is 0.648. The Hall–Kier alpha value is -0.570. The zero-order valence-electron chi connectivity index (χ0n) is 9.08. The lowest BCUT2D eigenvalue weighted by molar-refractivity contribution is -0.138. The molecule has 0 aromatic rings. The molecule has 1 saturated heterocycles. The van der Waals surface area contributed by atoms with E-state index in [9.17, 15) is 4.79 Å². The number of rotatable bonds is 3. The number of carbonyl (C=O) groups excluding carboxylic acids is 1. The molecule has 1 rings (SSSR count). The van der Waals surface area contributed by atoms with Crippen LogP contribution in [0.1, 0.15) is 20.3 Å². The van der Waals surface area contributed by atoms with Crippen LogP contribution in [0.3, 0.4) is 0 Å². The fraction of sp³-hybridized carbons (Fsp3) is 0.900. The molecule has 1 amide bonds. The fourth-order valence-corrected chi connectivity index (χ4v) is 1.46. The minimum Gasteiger partial charge on any atom is -0.339 e. The Morgan fingerprint density at radius 2 is 2.00 bits per heavy atom. The van der Waals surface area contributed by atoms with Gasteiger partial charge in [-0.1, -0.05) is 13.8 Å². The van der Waals surface area contributed by atoms with E-state index in [1.54, 1.807) is 0 Å². The van der Waals surface area contributed by atoms with Gasteiger partial charge in [0.25, 0.3) is 0 Å². The van der Waals surface area contributed by atoms with E-state index in [1.165, 1.54) is 0 Å². The van der Waals surface area contributed by atoms with Gasteiger partial charge in [0.1, 0.15) is 0 Å². The first-order chi connectivity index (χ1) is 6.00. The van der Waals surface area contributed by atoms with E-state index >= 15 is 0 Å². The second-order valence-electron chi connectivity index (χ2n) is 4.51. The lowest BCUT2D eigenvalue weighted by Gasteiger charge is -2.43. The monoisotopic (exact) mass is 184 g/mol. The Labute approximate surface area is 80.7 Å². The van der Waals surface area contributed by atoms with Crippen LogP contribution in [0.4, 0.5) is 0 Å². The average Bonchev–Trinajstić information content (AvgIpc) is 1.79. The van der Waals surface area contributed by atoms with Crippen molar-refractivity contribution >= 4 is 5.91 Å². The topological polar surface area (TPSA) is 23.6 Å². The maximum atomic E-state index is 11.5. The summed E-state index contributed by atoms with van der Waals surface area (Å²) < 4.78 is 0. The molecule has 13 heavy (non-hydrogen) atoms. The highest BCUT2D eigenvalue weighted by atomic mass is 16.2. The standard InChI is InChI=1S/C10H20N2O/c1-8(2)5-10(13)12-6-9(7-12)11(3)4/h8-9H,5-7H2,1-4H3. The van der Waals surface area contributed by atoms with E-state index in [4.69, 9.17) is 0 Å². The van der Waals surface area contributed by atoms with Crippen LogP contribution in [0, 0.1) is 5.92 Å². The molecule has 0 atom stereocenters. The van der Waals surface area contributed by atoms with E-state index in [1.807, 2.05) is 4.90 Å². The average molecular weight is 184 g/mol. The normalized spacial score (nSPS) is 18.2. The molecule has 0 radical (unpaired) electrons. The number of carbonyl (C=O) groups is 1. The van der Waals surface area contributed by atoms with Crippen molar-refractivity contribution in [2.24, 2.45) is 5.92 Å². The summed E-state index contributed by atoms with van der Waals surface area (Å²) in [5.74, 6) is 0.791. The van der Waals surface area contributed by atoms with Crippen LogP contribution >= 0.6 is 0 Å². The fourth-order valence-electron chi connectivity index (χ4n) is 1.46. The van der Waals surface area contributed by atoms with E-state index in [0.717, 1.165) is 13.1 Å². The van der Waals surface area contributed by atoms with Crippen molar-refractivity contribution < 1.29 is 4.79 Å². The molecule has 0 N–H and O–H groups in total. The predicted octanol–water partition coefficient (Wildman–Crippen LogP) is 0.805. The molecule has 0 bridgehead atoms. The lowest BCUT2D eigenvalue weighted by atomic mass is 10.0. The summed E-state index contributed by atoms with van der Waals surface area (Å²) in [4.78, 5) is 15.6. The van der Waals surface area contributed by atoms with Crippen LogP contribution in [-0.2, 0) is 4.79 Å². The van der Waals surface area contributed by atoms with Gasteiger partial charge in [-0.15, -0.1) is 0 Å². The summed E-state index contributed by atoms with van der Waals surface area (Å²) in [7, 11) is 4.13. The van der Waals surface area contributed by atoms with Gasteiger partial charge in [0.05, 0.1) is 0 Å². The maximum Gasteiger partial charge on any atom is 0.222 e. The molecule has 0 unspecified atom stereocenters. The molecule has 0 saturated carbocycles. The molecular formula is C10H20N2O. The third kappa shape index (κ3) is 2.69. The zero-order valence-corrected chi connectivity index (χ0v) is 9.08. The molecule has 0 aliphatic carbocycles. The van der Waals surface area contributed by atoms with Gasteiger partial charge in [0, 0.05) is 25.6 Å². The van der Waals surface area contributed by atoms with Gasteiger partial charge in [-0.25, -0.2) is 0 Å². The van der Waals surface area contributed by atoms with Crippen molar-refractivity contribution in [1.82, 2.24) is 9.80 Å². The molecule has 1 aliphatic rings. The highest BCUT2D eigenvalue weighted by molar-refractivity contribution is 5.77. The molecule has 1 aliphatic heterocycles. The third-order valence-electron chi connectivity index (χ3n) is 2.53.